The van der Waals surface area contributed by atoms with Crippen molar-refractivity contribution >= 4 is 31.9 Å². The molecule has 2 saturated heterocycles. The van der Waals surface area contributed by atoms with Crippen molar-refractivity contribution in [2.45, 2.75) is 50.3 Å². The van der Waals surface area contributed by atoms with Gasteiger partial charge in [0.15, 0.2) is 0 Å². The monoisotopic (exact) mass is 373 g/mol. The smallest absolute Gasteiger partial charge is 0.121 e. The zero-order chi connectivity index (χ0) is 12.5. The molecule has 0 saturated carbocycles. The van der Waals surface area contributed by atoms with E-state index in [4.69, 9.17) is 4.74 Å². The maximum atomic E-state index is 6.15. The van der Waals surface area contributed by atoms with Crippen LogP contribution in [-0.4, -0.2) is 18.2 Å². The first-order chi connectivity index (χ1) is 8.69. The molecule has 2 aliphatic heterocycles. The Bertz CT molecular complexity index is 406. The number of fused-ring (bicyclic) bond motifs is 2. The third kappa shape index (κ3) is 3.09. The highest BCUT2D eigenvalue weighted by molar-refractivity contribution is 9.11. The number of halogens is 2. The summed E-state index contributed by atoms with van der Waals surface area (Å²) in [5, 5.41) is 3.69. The Hall–Kier alpha value is -0.0600. The van der Waals surface area contributed by atoms with Crippen LogP contribution in [0.4, 0.5) is 0 Å². The summed E-state index contributed by atoms with van der Waals surface area (Å²) in [5.41, 5.74) is 0. The summed E-state index contributed by atoms with van der Waals surface area (Å²) >= 11 is 7.01. The molecule has 2 fully saturated rings. The summed E-state index contributed by atoms with van der Waals surface area (Å²) in [6, 6.07) is 7.45. The first-order valence-electron chi connectivity index (χ1n) is 6.58. The van der Waals surface area contributed by atoms with Crippen molar-refractivity contribution in [2.75, 3.05) is 0 Å². The molecule has 1 aromatic rings. The van der Waals surface area contributed by atoms with Crippen molar-refractivity contribution in [2.24, 2.45) is 0 Å². The lowest BCUT2D eigenvalue weighted by molar-refractivity contribution is 0.0926. The van der Waals surface area contributed by atoms with Gasteiger partial charge in [-0.2, -0.15) is 0 Å². The summed E-state index contributed by atoms with van der Waals surface area (Å²) in [6.07, 6.45) is 6.62. The van der Waals surface area contributed by atoms with Crippen LogP contribution in [0.1, 0.15) is 32.1 Å². The van der Waals surface area contributed by atoms with Gasteiger partial charge in [0, 0.05) is 21.0 Å². The van der Waals surface area contributed by atoms with Crippen LogP contribution < -0.4 is 10.1 Å². The third-order valence-corrected chi connectivity index (χ3v) is 4.73. The van der Waals surface area contributed by atoms with Gasteiger partial charge in [-0.1, -0.05) is 38.3 Å². The number of piperidine rings is 2. The molecule has 2 aliphatic rings. The van der Waals surface area contributed by atoms with Gasteiger partial charge in [-0.05, 0) is 43.9 Å². The van der Waals surface area contributed by atoms with E-state index in [0.717, 1.165) is 27.5 Å². The van der Waals surface area contributed by atoms with E-state index in [0.29, 0.717) is 18.2 Å². The molecule has 98 valence electrons. The van der Waals surface area contributed by atoms with Gasteiger partial charge in [0.05, 0.1) is 0 Å². The first-order valence-corrected chi connectivity index (χ1v) is 8.16. The van der Waals surface area contributed by atoms with Crippen LogP contribution in [0.5, 0.6) is 5.75 Å². The molecule has 18 heavy (non-hydrogen) atoms. The quantitative estimate of drug-likeness (QED) is 0.834. The summed E-state index contributed by atoms with van der Waals surface area (Å²) in [7, 11) is 0. The van der Waals surface area contributed by atoms with Gasteiger partial charge < -0.3 is 10.1 Å². The Morgan fingerprint density at radius 2 is 1.61 bits per heavy atom. The summed E-state index contributed by atoms with van der Waals surface area (Å²) in [5.74, 6) is 0.959. The fraction of sp³-hybridized carbons (Fsp3) is 0.571. The maximum absolute atomic E-state index is 6.15. The van der Waals surface area contributed by atoms with Gasteiger partial charge in [0.2, 0.25) is 0 Å². The molecular formula is C14H17Br2NO. The molecule has 0 aromatic heterocycles. The Balaban J connectivity index is 1.68. The summed E-state index contributed by atoms with van der Waals surface area (Å²) < 4.78 is 8.27. The minimum atomic E-state index is 0.364. The topological polar surface area (TPSA) is 21.3 Å². The highest BCUT2D eigenvalue weighted by atomic mass is 79.9. The van der Waals surface area contributed by atoms with Gasteiger partial charge in [0.1, 0.15) is 11.9 Å². The second kappa shape index (κ2) is 5.51. The molecule has 2 nitrogen and oxygen atoms in total. The average Bonchev–Trinajstić information content (AvgIpc) is 2.26. The lowest BCUT2D eigenvalue weighted by Crippen LogP contribution is -2.51. The number of rotatable bonds is 2. The number of hydrogen-bond acceptors (Lipinski definition) is 2. The lowest BCUT2D eigenvalue weighted by Gasteiger charge is -2.40. The largest absolute Gasteiger partial charge is 0.490 e. The zero-order valence-electron chi connectivity index (χ0n) is 10.2. The van der Waals surface area contributed by atoms with E-state index in [1.165, 1.54) is 19.3 Å². The molecule has 2 unspecified atom stereocenters. The van der Waals surface area contributed by atoms with E-state index in [-0.39, 0.29) is 0 Å². The van der Waals surface area contributed by atoms with E-state index in [1.54, 1.807) is 0 Å². The van der Waals surface area contributed by atoms with E-state index < -0.39 is 0 Å². The van der Waals surface area contributed by atoms with Crippen LogP contribution in [-0.2, 0) is 0 Å². The normalized spacial score (nSPS) is 31.1. The second-order valence-electron chi connectivity index (χ2n) is 5.31. The SMILES string of the molecule is Brc1cc(Br)cc(OC2CC3CCCC(C2)N3)c1. The van der Waals surface area contributed by atoms with Crippen molar-refractivity contribution in [1.82, 2.24) is 5.32 Å². The molecule has 2 heterocycles. The number of nitrogens with one attached hydrogen (secondary N) is 1. The van der Waals surface area contributed by atoms with Crippen LogP contribution >= 0.6 is 31.9 Å². The second-order valence-corrected chi connectivity index (χ2v) is 7.14. The van der Waals surface area contributed by atoms with Gasteiger partial charge in [0.25, 0.3) is 0 Å². The van der Waals surface area contributed by atoms with Crippen molar-refractivity contribution in [3.63, 3.8) is 0 Å². The van der Waals surface area contributed by atoms with Crippen LogP contribution in [0.15, 0.2) is 27.1 Å². The Kier molecular flexibility index (Phi) is 3.97. The van der Waals surface area contributed by atoms with Crippen molar-refractivity contribution < 1.29 is 4.74 Å². The highest BCUT2D eigenvalue weighted by Gasteiger charge is 2.32. The van der Waals surface area contributed by atoms with Gasteiger partial charge in [-0.25, -0.2) is 0 Å². The molecule has 4 heteroatoms. The number of ether oxygens (including phenoxy) is 1. The molecule has 0 aliphatic carbocycles. The number of benzene rings is 1. The predicted molar refractivity (Wildman–Crippen MR) is 80.1 cm³/mol. The third-order valence-electron chi connectivity index (χ3n) is 3.81. The van der Waals surface area contributed by atoms with Crippen molar-refractivity contribution in [1.29, 1.82) is 0 Å². The summed E-state index contributed by atoms with van der Waals surface area (Å²) in [4.78, 5) is 0. The van der Waals surface area contributed by atoms with Crippen LogP contribution in [0, 0.1) is 0 Å². The minimum Gasteiger partial charge on any atom is -0.490 e. The molecule has 0 radical (unpaired) electrons. The van der Waals surface area contributed by atoms with Crippen LogP contribution in [0.2, 0.25) is 0 Å². The summed E-state index contributed by atoms with van der Waals surface area (Å²) in [6.45, 7) is 0. The number of hydrogen-bond donors (Lipinski definition) is 1. The zero-order valence-corrected chi connectivity index (χ0v) is 13.3. The molecule has 3 rings (SSSR count). The van der Waals surface area contributed by atoms with E-state index in [9.17, 15) is 0 Å². The highest BCUT2D eigenvalue weighted by Crippen LogP contribution is 2.31. The molecule has 0 amide bonds. The van der Waals surface area contributed by atoms with Crippen molar-refractivity contribution in [3.8, 4) is 5.75 Å². The van der Waals surface area contributed by atoms with Gasteiger partial charge in [-0.15, -0.1) is 0 Å². The Morgan fingerprint density at radius 3 is 2.22 bits per heavy atom. The van der Waals surface area contributed by atoms with E-state index >= 15 is 0 Å². The predicted octanol–water partition coefficient (Wildman–Crippen LogP) is 4.26. The Morgan fingerprint density at radius 1 is 1.00 bits per heavy atom. The molecule has 1 N–H and O–H groups in total. The maximum Gasteiger partial charge on any atom is 0.121 e. The van der Waals surface area contributed by atoms with E-state index in [1.807, 2.05) is 18.2 Å². The Labute approximate surface area is 125 Å². The first kappa shape index (κ1) is 12.9. The van der Waals surface area contributed by atoms with Crippen LogP contribution in [0.3, 0.4) is 0 Å². The van der Waals surface area contributed by atoms with Gasteiger partial charge in [-0.3, -0.25) is 0 Å². The minimum absolute atomic E-state index is 0.364. The standard InChI is InChI=1S/C14H17Br2NO/c15-9-4-10(16)6-13(5-9)18-14-7-11-2-1-3-12(8-14)17-11/h4-6,11-12,14,17H,1-3,7-8H2. The van der Waals surface area contributed by atoms with Crippen LogP contribution in [0.25, 0.3) is 0 Å². The average molecular weight is 375 g/mol. The van der Waals surface area contributed by atoms with E-state index in [2.05, 4.69) is 37.2 Å². The molecule has 2 atom stereocenters. The molecular weight excluding hydrogens is 358 g/mol. The lowest BCUT2D eigenvalue weighted by atomic mass is 9.85. The van der Waals surface area contributed by atoms with Crippen molar-refractivity contribution in [3.05, 3.63) is 27.1 Å². The fourth-order valence-electron chi connectivity index (χ4n) is 3.10. The fourth-order valence-corrected chi connectivity index (χ4v) is 4.35. The molecule has 2 bridgehead atoms. The van der Waals surface area contributed by atoms with Gasteiger partial charge >= 0.3 is 0 Å². The molecule has 1 aromatic carbocycles. The molecule has 0 spiro atoms.